The largest absolute Gasteiger partial charge is 0.354 e. The summed E-state index contributed by atoms with van der Waals surface area (Å²) in [6.45, 7) is 7.52. The molecule has 4 N–H and O–H groups in total. The van der Waals surface area contributed by atoms with E-state index in [0.29, 0.717) is 56.9 Å². The number of aromatic nitrogens is 2. The van der Waals surface area contributed by atoms with Gasteiger partial charge in [-0.1, -0.05) is 57.0 Å². The number of nitrogens with zero attached hydrogens (tertiary/aromatic N) is 4. The molecule has 3 heterocycles. The van der Waals surface area contributed by atoms with Crippen molar-refractivity contribution < 1.29 is 28.8 Å². The molecule has 2 atom stereocenters. The minimum Gasteiger partial charge on any atom is -0.354 e. The predicted molar refractivity (Wildman–Crippen MR) is 216 cm³/mol. The van der Waals surface area contributed by atoms with Crippen molar-refractivity contribution in [2.45, 2.75) is 97.2 Å². The van der Waals surface area contributed by atoms with E-state index in [9.17, 15) is 28.8 Å². The molecule has 6 amide bonds. The van der Waals surface area contributed by atoms with Crippen molar-refractivity contribution in [3.05, 3.63) is 65.5 Å². The fourth-order valence-corrected chi connectivity index (χ4v) is 8.25. The maximum atomic E-state index is 14.2. The zero-order valence-electron chi connectivity index (χ0n) is 33.6. The average Bonchev–Trinajstić information content (AvgIpc) is 3.86. The number of likely N-dealkylation sites (tertiary alicyclic amines) is 1. The van der Waals surface area contributed by atoms with Crippen molar-refractivity contribution >= 4 is 46.5 Å². The Morgan fingerprint density at radius 2 is 1.47 bits per heavy atom. The number of nitrogens with one attached hydrogen (secondary N) is 4. The van der Waals surface area contributed by atoms with Gasteiger partial charge in [0.2, 0.25) is 29.5 Å². The number of rotatable bonds is 6. The van der Waals surface area contributed by atoms with Crippen LogP contribution in [0.4, 0.5) is 0 Å². The molecule has 2 aromatic carbocycles. The van der Waals surface area contributed by atoms with Crippen LogP contribution in [-0.2, 0) is 43.4 Å². The van der Waals surface area contributed by atoms with Gasteiger partial charge < -0.3 is 35.6 Å². The molecule has 3 aliphatic rings. The van der Waals surface area contributed by atoms with Crippen molar-refractivity contribution in [1.82, 2.24) is 40.6 Å². The molecule has 3 aromatic rings. The highest BCUT2D eigenvalue weighted by atomic mass is 16.2. The van der Waals surface area contributed by atoms with E-state index in [1.54, 1.807) is 13.0 Å². The van der Waals surface area contributed by atoms with Gasteiger partial charge in [-0.25, -0.2) is 4.98 Å². The quantitative estimate of drug-likeness (QED) is 0.298. The zero-order chi connectivity index (χ0) is 40.5. The highest BCUT2D eigenvalue weighted by Crippen LogP contribution is 2.29. The monoisotopic (exact) mass is 782 g/mol. The van der Waals surface area contributed by atoms with Gasteiger partial charge in [0.25, 0.3) is 5.91 Å². The van der Waals surface area contributed by atoms with Crippen LogP contribution < -0.4 is 21.3 Å². The molecule has 0 radical (unpaired) electrons. The normalized spacial score (nSPS) is 21.5. The van der Waals surface area contributed by atoms with E-state index in [2.05, 4.69) is 39.7 Å². The molecule has 2 fully saturated rings. The lowest BCUT2D eigenvalue weighted by molar-refractivity contribution is -0.144. The van der Waals surface area contributed by atoms with Crippen LogP contribution in [0.25, 0.3) is 11.0 Å². The zero-order valence-corrected chi connectivity index (χ0v) is 33.6. The van der Waals surface area contributed by atoms with E-state index < -0.39 is 29.8 Å². The van der Waals surface area contributed by atoms with Gasteiger partial charge in [0, 0.05) is 69.5 Å². The Hall–Kier alpha value is -5.27. The number of amides is 6. The Labute approximate surface area is 334 Å². The number of benzene rings is 2. The van der Waals surface area contributed by atoms with Crippen LogP contribution in [0, 0.1) is 17.8 Å². The number of hydrogen-bond donors (Lipinski definition) is 4. The molecule has 2 aliphatic heterocycles. The maximum Gasteiger partial charge on any atom is 0.251 e. The van der Waals surface area contributed by atoms with Crippen LogP contribution in [0.3, 0.4) is 0 Å². The smallest absolute Gasteiger partial charge is 0.251 e. The van der Waals surface area contributed by atoms with Crippen LogP contribution in [0.2, 0.25) is 0 Å². The molecule has 306 valence electrons. The third-order valence-corrected chi connectivity index (χ3v) is 11.4. The number of aryl methyl sites for hydroxylation is 1. The molecule has 0 unspecified atom stereocenters. The van der Waals surface area contributed by atoms with Crippen molar-refractivity contribution in [3.8, 4) is 0 Å². The first-order valence-electron chi connectivity index (χ1n) is 20.7. The van der Waals surface area contributed by atoms with Crippen molar-refractivity contribution in [2.75, 3.05) is 39.3 Å². The molecular formula is C43H58N8O6. The molecule has 1 saturated carbocycles. The maximum absolute atomic E-state index is 14.2. The molecule has 14 heteroatoms. The molecular weight excluding hydrogens is 725 g/mol. The number of carbonyl (C=O) groups excluding carboxylic acids is 6. The van der Waals surface area contributed by atoms with Crippen LogP contribution >= 0.6 is 0 Å². The third-order valence-electron chi connectivity index (χ3n) is 11.4. The van der Waals surface area contributed by atoms with Gasteiger partial charge in [0.1, 0.15) is 17.9 Å². The van der Waals surface area contributed by atoms with E-state index >= 15 is 0 Å². The minimum atomic E-state index is -1.03. The summed E-state index contributed by atoms with van der Waals surface area (Å²) in [6, 6.07) is 12.7. The topological polar surface area (TPSA) is 175 Å². The van der Waals surface area contributed by atoms with Gasteiger partial charge >= 0.3 is 0 Å². The molecule has 1 aromatic heterocycles. The molecule has 6 rings (SSSR count). The first kappa shape index (κ1) is 41.4. The Morgan fingerprint density at radius 1 is 0.772 bits per heavy atom. The van der Waals surface area contributed by atoms with E-state index in [1.165, 1.54) is 4.90 Å². The van der Waals surface area contributed by atoms with Crippen LogP contribution in [0.15, 0.2) is 48.5 Å². The summed E-state index contributed by atoms with van der Waals surface area (Å²) in [5, 5.41) is 11.5. The summed E-state index contributed by atoms with van der Waals surface area (Å²) in [6.07, 6.45) is 6.42. The lowest BCUT2D eigenvalue weighted by Crippen LogP contribution is -2.55. The van der Waals surface area contributed by atoms with Crippen molar-refractivity contribution in [1.29, 1.82) is 0 Å². The summed E-state index contributed by atoms with van der Waals surface area (Å²) < 4.78 is 2.10. The molecule has 1 aliphatic carbocycles. The molecule has 0 spiro atoms. The molecule has 1 saturated heterocycles. The van der Waals surface area contributed by atoms with Crippen LogP contribution in [0.5, 0.6) is 0 Å². The van der Waals surface area contributed by atoms with Crippen molar-refractivity contribution in [3.63, 3.8) is 0 Å². The fourth-order valence-electron chi connectivity index (χ4n) is 8.25. The van der Waals surface area contributed by atoms with Crippen LogP contribution in [0.1, 0.15) is 87.5 Å². The lowest BCUT2D eigenvalue weighted by atomic mass is 9.94. The Kier molecular flexibility index (Phi) is 14.0. The second-order valence-corrected chi connectivity index (χ2v) is 16.3. The highest BCUT2D eigenvalue weighted by Gasteiger charge is 2.35. The molecule has 14 nitrogen and oxygen atoms in total. The lowest BCUT2D eigenvalue weighted by Gasteiger charge is -2.35. The van der Waals surface area contributed by atoms with Crippen molar-refractivity contribution in [2.24, 2.45) is 17.8 Å². The molecule has 57 heavy (non-hydrogen) atoms. The Bertz CT molecular complexity index is 1910. The summed E-state index contributed by atoms with van der Waals surface area (Å²) in [4.78, 5) is 89.8. The Morgan fingerprint density at radius 3 is 2.19 bits per heavy atom. The second kappa shape index (κ2) is 19.3. The minimum absolute atomic E-state index is 0.0602. The summed E-state index contributed by atoms with van der Waals surface area (Å²) in [7, 11) is 0. The number of piperidine rings is 1. The molecule has 2 bridgehead atoms. The van der Waals surface area contributed by atoms with Gasteiger partial charge in [-0.05, 0) is 68.7 Å². The first-order valence-corrected chi connectivity index (χ1v) is 20.7. The first-order chi connectivity index (χ1) is 27.5. The predicted octanol–water partition coefficient (Wildman–Crippen LogP) is 2.97. The highest BCUT2D eigenvalue weighted by molar-refractivity contribution is 5.98. The third kappa shape index (κ3) is 10.8. The standard InChI is InChI=1S/C43H58N8O6/c1-28(2)24-37-47-34-15-14-33-26-36(34)51(37)20-9-18-44-39(53)29(3)46-41(55)35(25-30-10-5-4-6-11-30)48-38(52)27-50(23-19-45-40(33)54)43(57)32-16-21-49(22-17-32)42(56)31-12-7-8-13-31/h4-6,10-11,14-15,26,28-29,31-32,35H,7-9,12-13,16-25,27H2,1-3H3,(H,44,53)(H,45,54)(H,46,55)(H,48,52)/t29-,35+/m1/s1. The van der Waals surface area contributed by atoms with Gasteiger partial charge in [0.15, 0.2) is 0 Å². The van der Waals surface area contributed by atoms with E-state index in [1.807, 2.05) is 47.4 Å². The number of hydrogen-bond acceptors (Lipinski definition) is 7. The van der Waals surface area contributed by atoms with Crippen LogP contribution in [-0.4, -0.2) is 106 Å². The van der Waals surface area contributed by atoms with Gasteiger partial charge in [-0.15, -0.1) is 0 Å². The van der Waals surface area contributed by atoms with Gasteiger partial charge in [0.05, 0.1) is 17.6 Å². The summed E-state index contributed by atoms with van der Waals surface area (Å²) in [5.74, 6) is -0.902. The van der Waals surface area contributed by atoms with E-state index in [0.717, 1.165) is 54.5 Å². The summed E-state index contributed by atoms with van der Waals surface area (Å²) >= 11 is 0. The van der Waals surface area contributed by atoms with Gasteiger partial charge in [-0.2, -0.15) is 0 Å². The Balaban J connectivity index is 1.24. The number of carbonyl (C=O) groups is 6. The SMILES string of the molecule is CC(C)Cc1nc2ccc3cc2n1CCCNC(=O)[C@@H](C)NC(=O)[C@H](Cc1ccccc1)NC(=O)CN(C(=O)C1CCN(C(=O)C2CCCC2)CC1)CCNC3=O. The van der Waals surface area contributed by atoms with E-state index in [4.69, 9.17) is 4.98 Å². The second-order valence-electron chi connectivity index (χ2n) is 16.3. The number of imidazole rings is 1. The number of fused-ring (bicyclic) bond motifs is 1. The van der Waals surface area contributed by atoms with Gasteiger partial charge in [-0.3, -0.25) is 28.8 Å². The summed E-state index contributed by atoms with van der Waals surface area (Å²) in [5.41, 5.74) is 2.83. The fraction of sp³-hybridized carbons (Fsp3) is 0.558. The average molecular weight is 783 g/mol. The van der Waals surface area contributed by atoms with E-state index in [-0.39, 0.29) is 55.6 Å².